The first kappa shape index (κ1) is 12.0. The van der Waals surface area contributed by atoms with Gasteiger partial charge in [0.15, 0.2) is 0 Å². The molecule has 1 N–H and O–H groups in total. The number of hydrogen-bond donors (Lipinski definition) is 1. The molecule has 0 bridgehead atoms. The molecule has 1 aromatic rings. The van der Waals surface area contributed by atoms with Crippen molar-refractivity contribution in [2.45, 2.75) is 25.3 Å². The number of methoxy groups -OCH3 is 1. The lowest BCUT2D eigenvalue weighted by Crippen LogP contribution is -2.59. The number of nitrogens with one attached hydrogen (secondary N) is 1. The molecule has 1 unspecified atom stereocenters. The van der Waals surface area contributed by atoms with E-state index in [-0.39, 0.29) is 5.54 Å². The van der Waals surface area contributed by atoms with E-state index >= 15 is 0 Å². The van der Waals surface area contributed by atoms with Crippen molar-refractivity contribution in [3.63, 3.8) is 0 Å². The van der Waals surface area contributed by atoms with Crippen LogP contribution < -0.4 is 10.1 Å². The van der Waals surface area contributed by atoms with Crippen LogP contribution in [0.4, 0.5) is 0 Å². The van der Waals surface area contributed by atoms with Crippen molar-refractivity contribution in [3.8, 4) is 5.75 Å². The van der Waals surface area contributed by atoms with Gasteiger partial charge in [-0.3, -0.25) is 0 Å². The number of ether oxygens (including phenoxy) is 1. The van der Waals surface area contributed by atoms with E-state index in [1.165, 1.54) is 0 Å². The number of hydrogen-bond acceptors (Lipinski definition) is 2. The standard InChI is InChI=1S/C12H15Cl2NO/c1-12(2)9(6-15-12)8-4-7(13)5-10(14)11(8)16-3/h4-5,9,15H,6H2,1-3H3. The van der Waals surface area contributed by atoms with Crippen LogP contribution in [0.1, 0.15) is 25.3 Å². The molecule has 2 nitrogen and oxygen atoms in total. The smallest absolute Gasteiger partial charge is 0.141 e. The SMILES string of the molecule is COc1c(Cl)cc(Cl)cc1C1CNC1(C)C. The third-order valence-electron chi connectivity index (χ3n) is 3.25. The topological polar surface area (TPSA) is 21.3 Å². The fourth-order valence-electron chi connectivity index (χ4n) is 2.17. The number of rotatable bonds is 2. The first-order valence-electron chi connectivity index (χ1n) is 5.23. The van der Waals surface area contributed by atoms with Gasteiger partial charge in [0.05, 0.1) is 12.1 Å². The van der Waals surface area contributed by atoms with E-state index in [4.69, 9.17) is 27.9 Å². The molecule has 2 rings (SSSR count). The first-order valence-corrected chi connectivity index (χ1v) is 5.99. The zero-order chi connectivity index (χ0) is 11.9. The zero-order valence-corrected chi connectivity index (χ0v) is 11.1. The van der Waals surface area contributed by atoms with Gasteiger partial charge in [-0.05, 0) is 26.0 Å². The predicted octanol–water partition coefficient (Wildman–Crippen LogP) is 3.47. The Morgan fingerprint density at radius 2 is 2.06 bits per heavy atom. The van der Waals surface area contributed by atoms with Crippen molar-refractivity contribution >= 4 is 23.2 Å². The van der Waals surface area contributed by atoms with Crippen molar-refractivity contribution in [2.75, 3.05) is 13.7 Å². The normalized spacial score (nSPS) is 22.7. The molecule has 1 aliphatic rings. The molecule has 0 amide bonds. The van der Waals surface area contributed by atoms with E-state index in [1.807, 2.05) is 6.07 Å². The highest BCUT2D eigenvalue weighted by atomic mass is 35.5. The lowest BCUT2D eigenvalue weighted by Gasteiger charge is -2.46. The van der Waals surface area contributed by atoms with Crippen molar-refractivity contribution < 1.29 is 4.74 Å². The van der Waals surface area contributed by atoms with E-state index < -0.39 is 0 Å². The van der Waals surface area contributed by atoms with E-state index in [0.29, 0.717) is 16.0 Å². The molecule has 88 valence electrons. The van der Waals surface area contributed by atoms with Gasteiger partial charge >= 0.3 is 0 Å². The molecule has 1 aromatic carbocycles. The average molecular weight is 260 g/mol. The van der Waals surface area contributed by atoms with E-state index in [0.717, 1.165) is 17.9 Å². The fourth-order valence-corrected chi connectivity index (χ4v) is 2.75. The highest BCUT2D eigenvalue weighted by molar-refractivity contribution is 6.35. The van der Waals surface area contributed by atoms with Gasteiger partial charge in [-0.25, -0.2) is 0 Å². The molecule has 4 heteroatoms. The fraction of sp³-hybridized carbons (Fsp3) is 0.500. The van der Waals surface area contributed by atoms with Gasteiger partial charge in [0.25, 0.3) is 0 Å². The Morgan fingerprint density at radius 3 is 2.50 bits per heavy atom. The molecule has 1 heterocycles. The second-order valence-corrected chi connectivity index (χ2v) is 5.51. The van der Waals surface area contributed by atoms with Crippen molar-refractivity contribution in [3.05, 3.63) is 27.7 Å². The Bertz CT molecular complexity index is 418. The summed E-state index contributed by atoms with van der Waals surface area (Å²) in [5, 5.41) is 4.61. The van der Waals surface area contributed by atoms with E-state index in [9.17, 15) is 0 Å². The molecule has 1 aliphatic heterocycles. The minimum atomic E-state index is 0.0707. The summed E-state index contributed by atoms with van der Waals surface area (Å²) in [5.74, 6) is 1.13. The third-order valence-corrected chi connectivity index (χ3v) is 3.75. The highest BCUT2D eigenvalue weighted by Gasteiger charge is 2.40. The molecular weight excluding hydrogens is 245 g/mol. The van der Waals surface area contributed by atoms with Gasteiger partial charge in [-0.2, -0.15) is 0 Å². The molecular formula is C12H15Cl2NO. The molecule has 0 saturated carbocycles. The number of halogens is 2. The zero-order valence-electron chi connectivity index (χ0n) is 9.60. The Balaban J connectivity index is 2.47. The van der Waals surface area contributed by atoms with Gasteiger partial charge in [-0.1, -0.05) is 23.2 Å². The lowest BCUT2D eigenvalue weighted by molar-refractivity contribution is 0.204. The van der Waals surface area contributed by atoms with Crippen LogP contribution in [0.5, 0.6) is 5.75 Å². The van der Waals surface area contributed by atoms with Gasteiger partial charge in [0.1, 0.15) is 5.75 Å². The van der Waals surface area contributed by atoms with Crippen LogP contribution in [-0.2, 0) is 0 Å². The van der Waals surface area contributed by atoms with Crippen molar-refractivity contribution in [2.24, 2.45) is 0 Å². The summed E-state index contributed by atoms with van der Waals surface area (Å²) in [5.41, 5.74) is 1.16. The van der Waals surface area contributed by atoms with Crippen LogP contribution in [-0.4, -0.2) is 19.2 Å². The Morgan fingerprint density at radius 1 is 1.38 bits per heavy atom. The van der Waals surface area contributed by atoms with Gasteiger partial charge < -0.3 is 10.1 Å². The van der Waals surface area contributed by atoms with Gasteiger partial charge in [0.2, 0.25) is 0 Å². The van der Waals surface area contributed by atoms with E-state index in [1.54, 1.807) is 13.2 Å². The van der Waals surface area contributed by atoms with Crippen LogP contribution in [0, 0.1) is 0 Å². The predicted molar refractivity (Wildman–Crippen MR) is 67.8 cm³/mol. The summed E-state index contributed by atoms with van der Waals surface area (Å²) < 4.78 is 5.36. The molecule has 16 heavy (non-hydrogen) atoms. The monoisotopic (exact) mass is 259 g/mol. The lowest BCUT2D eigenvalue weighted by atomic mass is 9.75. The van der Waals surface area contributed by atoms with Crippen LogP contribution in [0.3, 0.4) is 0 Å². The highest BCUT2D eigenvalue weighted by Crippen LogP contribution is 2.43. The number of benzene rings is 1. The molecule has 0 aromatic heterocycles. The summed E-state index contributed by atoms with van der Waals surface area (Å²) in [7, 11) is 1.64. The third kappa shape index (κ3) is 1.90. The Labute approximate surface area is 106 Å². The quantitative estimate of drug-likeness (QED) is 0.879. The summed E-state index contributed by atoms with van der Waals surface area (Å²) in [6.45, 7) is 5.25. The van der Waals surface area contributed by atoms with Crippen LogP contribution in [0.2, 0.25) is 10.0 Å². The van der Waals surface area contributed by atoms with Crippen molar-refractivity contribution in [1.29, 1.82) is 0 Å². The second kappa shape index (κ2) is 4.10. The second-order valence-electron chi connectivity index (χ2n) is 4.67. The largest absolute Gasteiger partial charge is 0.495 e. The summed E-state index contributed by atoms with van der Waals surface area (Å²) in [4.78, 5) is 0. The molecule has 0 radical (unpaired) electrons. The van der Waals surface area contributed by atoms with Crippen LogP contribution in [0.15, 0.2) is 12.1 Å². The summed E-state index contributed by atoms with van der Waals surface area (Å²) >= 11 is 12.2. The van der Waals surface area contributed by atoms with Crippen molar-refractivity contribution in [1.82, 2.24) is 5.32 Å². The minimum absolute atomic E-state index is 0.0707. The molecule has 1 saturated heterocycles. The maximum atomic E-state index is 6.12. The molecule has 0 spiro atoms. The Kier molecular flexibility index (Phi) is 3.08. The average Bonchev–Trinajstić information content (AvgIpc) is 2.15. The summed E-state index contributed by atoms with van der Waals surface area (Å²) in [6.07, 6.45) is 0. The maximum Gasteiger partial charge on any atom is 0.141 e. The van der Waals surface area contributed by atoms with Crippen LogP contribution in [0.25, 0.3) is 0 Å². The molecule has 1 fully saturated rings. The minimum Gasteiger partial charge on any atom is -0.495 e. The molecule has 0 aliphatic carbocycles. The van der Waals surface area contributed by atoms with Gasteiger partial charge in [0, 0.05) is 28.6 Å². The first-order chi connectivity index (χ1) is 7.45. The van der Waals surface area contributed by atoms with E-state index in [2.05, 4.69) is 19.2 Å². The molecule has 1 atom stereocenters. The summed E-state index contributed by atoms with van der Waals surface area (Å²) in [6, 6.07) is 3.66. The Hall–Kier alpha value is -0.440. The maximum absolute atomic E-state index is 6.12. The van der Waals surface area contributed by atoms with Gasteiger partial charge in [-0.15, -0.1) is 0 Å². The van der Waals surface area contributed by atoms with Crippen LogP contribution >= 0.6 is 23.2 Å².